The largest absolute Gasteiger partial charge is 0.494 e. The molecule has 0 unspecified atom stereocenters. The summed E-state index contributed by atoms with van der Waals surface area (Å²) >= 11 is 1.61. The molecule has 0 bridgehead atoms. The highest BCUT2D eigenvalue weighted by Crippen LogP contribution is 2.17. The molecule has 0 atom stereocenters. The van der Waals surface area contributed by atoms with Gasteiger partial charge in [-0.15, -0.1) is 11.3 Å². The van der Waals surface area contributed by atoms with Gasteiger partial charge in [0.25, 0.3) is 0 Å². The molecule has 1 aromatic heterocycles. The highest BCUT2D eigenvalue weighted by Gasteiger charge is 2.09. The van der Waals surface area contributed by atoms with Crippen LogP contribution in [0.5, 0.6) is 11.5 Å². The first-order valence-corrected chi connectivity index (χ1v) is 9.16. The maximum absolute atomic E-state index is 12.0. The van der Waals surface area contributed by atoms with Crippen LogP contribution in [0.2, 0.25) is 0 Å². The van der Waals surface area contributed by atoms with E-state index in [4.69, 9.17) is 9.47 Å². The molecule has 0 saturated carbocycles. The standard InChI is InChI=1S/C18H25N3O3S/c1-4-23-15-5-7-16(8-6-15)24-10-9-19-18(22)12-21(3)11-17-14(2)20-13-25-17/h5-8,13H,4,9-12H2,1-3H3,(H,19,22). The Balaban J connectivity index is 1.62. The summed E-state index contributed by atoms with van der Waals surface area (Å²) in [7, 11) is 1.93. The van der Waals surface area contributed by atoms with Crippen LogP contribution in [0.15, 0.2) is 29.8 Å². The molecule has 0 aliphatic rings. The Kier molecular flexibility index (Phi) is 7.69. The average Bonchev–Trinajstić information content (AvgIpc) is 2.98. The molecule has 1 heterocycles. The van der Waals surface area contributed by atoms with Crippen molar-refractivity contribution in [2.45, 2.75) is 20.4 Å². The number of hydrogen-bond donors (Lipinski definition) is 1. The molecule has 2 rings (SSSR count). The minimum atomic E-state index is -0.0139. The molecule has 6 nitrogen and oxygen atoms in total. The van der Waals surface area contributed by atoms with Crippen molar-refractivity contribution in [1.82, 2.24) is 15.2 Å². The Morgan fingerprint density at radius 2 is 1.92 bits per heavy atom. The zero-order chi connectivity index (χ0) is 18.1. The molecule has 1 N–H and O–H groups in total. The highest BCUT2D eigenvalue weighted by atomic mass is 32.1. The number of ether oxygens (including phenoxy) is 2. The van der Waals surface area contributed by atoms with Crippen LogP contribution < -0.4 is 14.8 Å². The first kappa shape index (κ1) is 19.2. The third-order valence-electron chi connectivity index (χ3n) is 3.50. The van der Waals surface area contributed by atoms with Crippen molar-refractivity contribution in [3.05, 3.63) is 40.3 Å². The lowest BCUT2D eigenvalue weighted by molar-refractivity contribution is -0.122. The SMILES string of the molecule is CCOc1ccc(OCCNC(=O)CN(C)Cc2scnc2C)cc1. The summed E-state index contributed by atoms with van der Waals surface area (Å²) in [5, 5.41) is 2.87. The van der Waals surface area contributed by atoms with E-state index in [1.165, 1.54) is 4.88 Å². The van der Waals surface area contributed by atoms with Gasteiger partial charge in [0, 0.05) is 11.4 Å². The van der Waals surface area contributed by atoms with Crippen molar-refractivity contribution in [2.75, 3.05) is 33.4 Å². The molecule has 0 spiro atoms. The van der Waals surface area contributed by atoms with Gasteiger partial charge < -0.3 is 14.8 Å². The zero-order valence-electron chi connectivity index (χ0n) is 14.9. The van der Waals surface area contributed by atoms with Gasteiger partial charge in [0.15, 0.2) is 0 Å². The van der Waals surface area contributed by atoms with Crippen LogP contribution in [0.1, 0.15) is 17.5 Å². The van der Waals surface area contributed by atoms with E-state index in [9.17, 15) is 4.79 Å². The Morgan fingerprint density at radius 1 is 1.24 bits per heavy atom. The van der Waals surface area contributed by atoms with Crippen LogP contribution in [0, 0.1) is 6.92 Å². The summed E-state index contributed by atoms with van der Waals surface area (Å²) in [6.45, 7) is 6.55. The summed E-state index contributed by atoms with van der Waals surface area (Å²) in [4.78, 5) is 19.3. The lowest BCUT2D eigenvalue weighted by Gasteiger charge is -2.15. The Hall–Kier alpha value is -2.12. The second kappa shape index (κ2) is 10.0. The van der Waals surface area contributed by atoms with Crippen molar-refractivity contribution in [3.8, 4) is 11.5 Å². The van der Waals surface area contributed by atoms with E-state index in [2.05, 4.69) is 10.3 Å². The van der Waals surface area contributed by atoms with Crippen LogP contribution in [-0.2, 0) is 11.3 Å². The van der Waals surface area contributed by atoms with Crippen LogP contribution in [0.4, 0.5) is 0 Å². The molecular weight excluding hydrogens is 338 g/mol. The molecule has 1 amide bonds. The smallest absolute Gasteiger partial charge is 0.234 e. The minimum absolute atomic E-state index is 0.0139. The van der Waals surface area contributed by atoms with Gasteiger partial charge in [0.05, 0.1) is 30.9 Å². The van der Waals surface area contributed by atoms with Crippen molar-refractivity contribution in [2.24, 2.45) is 0 Å². The highest BCUT2D eigenvalue weighted by molar-refractivity contribution is 7.09. The minimum Gasteiger partial charge on any atom is -0.494 e. The van der Waals surface area contributed by atoms with Gasteiger partial charge >= 0.3 is 0 Å². The Bertz CT molecular complexity index is 658. The molecule has 0 saturated heterocycles. The Morgan fingerprint density at radius 3 is 2.52 bits per heavy atom. The fraction of sp³-hybridized carbons (Fsp3) is 0.444. The van der Waals surface area contributed by atoms with Gasteiger partial charge in [-0.05, 0) is 45.2 Å². The number of carbonyl (C=O) groups is 1. The quantitative estimate of drug-likeness (QED) is 0.657. The number of nitrogens with one attached hydrogen (secondary N) is 1. The fourth-order valence-corrected chi connectivity index (χ4v) is 3.09. The summed E-state index contributed by atoms with van der Waals surface area (Å²) in [6.07, 6.45) is 0. The van der Waals surface area contributed by atoms with Crippen molar-refractivity contribution in [1.29, 1.82) is 0 Å². The van der Waals surface area contributed by atoms with Gasteiger partial charge in [-0.25, -0.2) is 4.98 Å². The number of aryl methyl sites for hydroxylation is 1. The van der Waals surface area contributed by atoms with E-state index >= 15 is 0 Å². The molecule has 2 aromatic rings. The number of thiazole rings is 1. The maximum atomic E-state index is 12.0. The summed E-state index contributed by atoms with van der Waals surface area (Å²) in [5.41, 5.74) is 2.86. The van der Waals surface area contributed by atoms with E-state index in [-0.39, 0.29) is 5.91 Å². The molecular formula is C18H25N3O3S. The molecule has 0 aliphatic heterocycles. The number of likely N-dealkylation sites (N-methyl/N-ethyl adjacent to an activating group) is 1. The van der Waals surface area contributed by atoms with Crippen molar-refractivity contribution in [3.63, 3.8) is 0 Å². The lowest BCUT2D eigenvalue weighted by atomic mass is 10.3. The fourth-order valence-electron chi connectivity index (χ4n) is 2.24. The zero-order valence-corrected chi connectivity index (χ0v) is 15.8. The van der Waals surface area contributed by atoms with Crippen LogP contribution in [0.25, 0.3) is 0 Å². The lowest BCUT2D eigenvalue weighted by Crippen LogP contribution is -2.36. The number of carbonyl (C=O) groups excluding carboxylic acids is 1. The average molecular weight is 363 g/mol. The van der Waals surface area contributed by atoms with Crippen LogP contribution in [-0.4, -0.2) is 49.1 Å². The first-order chi connectivity index (χ1) is 12.1. The predicted octanol–water partition coefficient (Wildman–Crippen LogP) is 2.48. The molecule has 0 aliphatic carbocycles. The summed E-state index contributed by atoms with van der Waals surface area (Å²) < 4.78 is 11.0. The third kappa shape index (κ3) is 6.72. The molecule has 0 fully saturated rings. The normalized spacial score (nSPS) is 10.7. The number of aromatic nitrogens is 1. The van der Waals surface area contributed by atoms with Gasteiger partial charge in [-0.3, -0.25) is 9.69 Å². The van der Waals surface area contributed by atoms with Crippen molar-refractivity contribution < 1.29 is 14.3 Å². The number of rotatable bonds is 10. The van der Waals surface area contributed by atoms with Crippen molar-refractivity contribution >= 4 is 17.2 Å². The van der Waals surface area contributed by atoms with Gasteiger partial charge in [-0.1, -0.05) is 0 Å². The van der Waals surface area contributed by atoms with Gasteiger partial charge in [-0.2, -0.15) is 0 Å². The van der Waals surface area contributed by atoms with E-state index in [1.807, 2.05) is 55.6 Å². The Labute approximate surface area is 152 Å². The van der Waals surface area contributed by atoms with Gasteiger partial charge in [0.2, 0.25) is 5.91 Å². The number of nitrogens with zero attached hydrogens (tertiary/aromatic N) is 2. The number of benzene rings is 1. The second-order valence-corrected chi connectivity index (χ2v) is 6.58. The molecule has 7 heteroatoms. The molecule has 136 valence electrons. The second-order valence-electron chi connectivity index (χ2n) is 5.64. The van der Waals surface area contributed by atoms with Crippen LogP contribution >= 0.6 is 11.3 Å². The molecule has 25 heavy (non-hydrogen) atoms. The maximum Gasteiger partial charge on any atom is 0.234 e. The topological polar surface area (TPSA) is 63.7 Å². The van der Waals surface area contributed by atoms with Crippen LogP contribution in [0.3, 0.4) is 0 Å². The van der Waals surface area contributed by atoms with E-state index in [1.54, 1.807) is 11.3 Å². The predicted molar refractivity (Wildman–Crippen MR) is 99.3 cm³/mol. The summed E-state index contributed by atoms with van der Waals surface area (Å²) in [6, 6.07) is 7.46. The number of hydrogen-bond acceptors (Lipinski definition) is 6. The number of amides is 1. The monoisotopic (exact) mass is 363 g/mol. The van der Waals surface area contributed by atoms with E-state index < -0.39 is 0 Å². The first-order valence-electron chi connectivity index (χ1n) is 8.28. The van der Waals surface area contributed by atoms with E-state index in [0.717, 1.165) is 23.7 Å². The van der Waals surface area contributed by atoms with Gasteiger partial charge in [0.1, 0.15) is 18.1 Å². The molecule has 0 radical (unpaired) electrons. The van der Waals surface area contributed by atoms with E-state index in [0.29, 0.717) is 26.3 Å². The molecule has 1 aromatic carbocycles. The third-order valence-corrected chi connectivity index (χ3v) is 4.42. The summed E-state index contributed by atoms with van der Waals surface area (Å²) in [5.74, 6) is 1.57.